The van der Waals surface area contributed by atoms with E-state index >= 15 is 0 Å². The number of carbonyl (C=O) groups is 1. The molecule has 108 valence electrons. The van der Waals surface area contributed by atoms with E-state index in [1.807, 2.05) is 25.1 Å². The van der Waals surface area contributed by atoms with Crippen LogP contribution in [0.2, 0.25) is 0 Å². The second-order valence-corrected chi connectivity index (χ2v) is 5.19. The molecule has 6 heteroatoms. The van der Waals surface area contributed by atoms with Crippen LogP contribution in [0.25, 0.3) is 0 Å². The van der Waals surface area contributed by atoms with Gasteiger partial charge in [-0.15, -0.1) is 0 Å². The molecule has 0 spiro atoms. The van der Waals surface area contributed by atoms with Crippen LogP contribution in [-0.2, 0) is 4.79 Å². The molecule has 3 N–H and O–H groups in total. The zero-order chi connectivity index (χ0) is 14.1. The van der Waals surface area contributed by atoms with Crippen molar-refractivity contribution in [1.29, 1.82) is 0 Å². The van der Waals surface area contributed by atoms with Gasteiger partial charge in [-0.1, -0.05) is 6.07 Å². The molecule has 3 rings (SSSR count). The molecule has 0 bridgehead atoms. The van der Waals surface area contributed by atoms with Gasteiger partial charge in [0.1, 0.15) is 0 Å². The number of aliphatic hydroxyl groups is 1. The Hall–Kier alpha value is -1.79. The van der Waals surface area contributed by atoms with Gasteiger partial charge in [0.05, 0.1) is 18.2 Å². The predicted octanol–water partition coefficient (Wildman–Crippen LogP) is 0.315. The molecule has 1 aromatic rings. The lowest BCUT2D eigenvalue weighted by atomic mass is 10.1. The van der Waals surface area contributed by atoms with Crippen molar-refractivity contribution in [3.63, 3.8) is 0 Å². The zero-order valence-electron chi connectivity index (χ0n) is 11.3. The van der Waals surface area contributed by atoms with Crippen molar-refractivity contribution in [1.82, 2.24) is 10.6 Å². The molecule has 0 aromatic heterocycles. The van der Waals surface area contributed by atoms with Gasteiger partial charge in [0.2, 0.25) is 12.7 Å². The fraction of sp³-hybridized carbons (Fsp3) is 0.500. The van der Waals surface area contributed by atoms with Crippen LogP contribution < -0.4 is 20.1 Å². The third-order valence-corrected chi connectivity index (χ3v) is 3.68. The van der Waals surface area contributed by atoms with Crippen molar-refractivity contribution in [3.8, 4) is 11.5 Å². The second kappa shape index (κ2) is 5.30. The molecule has 3 unspecified atom stereocenters. The normalized spacial score (nSPS) is 25.5. The van der Waals surface area contributed by atoms with Crippen LogP contribution in [0.3, 0.4) is 0 Å². The summed E-state index contributed by atoms with van der Waals surface area (Å²) in [7, 11) is 0. The smallest absolute Gasteiger partial charge is 0.237 e. The van der Waals surface area contributed by atoms with E-state index in [1.165, 1.54) is 0 Å². The second-order valence-electron chi connectivity index (χ2n) is 5.19. The van der Waals surface area contributed by atoms with Crippen molar-refractivity contribution in [2.24, 2.45) is 0 Å². The molecule has 0 radical (unpaired) electrons. The van der Waals surface area contributed by atoms with E-state index < -0.39 is 6.10 Å². The Morgan fingerprint density at radius 2 is 2.25 bits per heavy atom. The number of ether oxygens (including phenoxy) is 2. The van der Waals surface area contributed by atoms with E-state index in [0.29, 0.717) is 18.7 Å². The summed E-state index contributed by atoms with van der Waals surface area (Å²) in [4.78, 5) is 12.1. The Balaban J connectivity index is 1.64. The number of carbonyl (C=O) groups excluding carboxylic acids is 1. The number of rotatable bonds is 3. The molecule has 1 amide bonds. The Labute approximate surface area is 117 Å². The molecule has 3 atom stereocenters. The summed E-state index contributed by atoms with van der Waals surface area (Å²) in [6, 6.07) is 5.19. The largest absolute Gasteiger partial charge is 0.454 e. The molecule has 2 aliphatic heterocycles. The molecule has 1 aromatic carbocycles. The first-order valence-electron chi connectivity index (χ1n) is 6.75. The van der Waals surface area contributed by atoms with Crippen molar-refractivity contribution < 1.29 is 19.4 Å². The quantitative estimate of drug-likeness (QED) is 0.742. The number of aliphatic hydroxyl groups excluding tert-OH is 1. The highest BCUT2D eigenvalue weighted by Crippen LogP contribution is 2.34. The first-order chi connectivity index (χ1) is 9.63. The highest BCUT2D eigenvalue weighted by molar-refractivity contribution is 5.82. The van der Waals surface area contributed by atoms with Gasteiger partial charge in [0, 0.05) is 6.54 Å². The highest BCUT2D eigenvalue weighted by atomic mass is 16.7. The van der Waals surface area contributed by atoms with Gasteiger partial charge < -0.3 is 25.2 Å². The highest BCUT2D eigenvalue weighted by Gasteiger charge is 2.29. The summed E-state index contributed by atoms with van der Waals surface area (Å²) < 4.78 is 10.6. The number of hydrogen-bond donors (Lipinski definition) is 3. The number of nitrogens with one attached hydrogen (secondary N) is 2. The molecule has 1 saturated heterocycles. The lowest BCUT2D eigenvalue weighted by molar-refractivity contribution is -0.123. The molecule has 0 saturated carbocycles. The summed E-state index contributed by atoms with van der Waals surface area (Å²) in [5.74, 6) is 1.34. The van der Waals surface area contributed by atoms with Crippen LogP contribution >= 0.6 is 0 Å². The van der Waals surface area contributed by atoms with E-state index in [4.69, 9.17) is 9.47 Å². The molecule has 0 aliphatic carbocycles. The fourth-order valence-corrected chi connectivity index (χ4v) is 2.50. The maximum atomic E-state index is 12.1. The van der Waals surface area contributed by atoms with Crippen LogP contribution in [0.15, 0.2) is 18.2 Å². The molecular formula is C14H18N2O4. The maximum Gasteiger partial charge on any atom is 0.237 e. The van der Waals surface area contributed by atoms with Gasteiger partial charge >= 0.3 is 0 Å². The van der Waals surface area contributed by atoms with Gasteiger partial charge in [-0.3, -0.25) is 4.79 Å². The van der Waals surface area contributed by atoms with Gasteiger partial charge in [-0.05, 0) is 31.0 Å². The Morgan fingerprint density at radius 1 is 1.45 bits per heavy atom. The standard InChI is InChI=1S/C14H18N2O4/c1-8(16-14(18)11-5-10(17)6-15-11)9-2-3-12-13(4-9)20-7-19-12/h2-4,8,10-11,15,17H,5-7H2,1H3,(H,16,18). The van der Waals surface area contributed by atoms with E-state index in [-0.39, 0.29) is 24.8 Å². The first-order valence-corrected chi connectivity index (χ1v) is 6.75. The van der Waals surface area contributed by atoms with Crippen LogP contribution in [0.5, 0.6) is 11.5 Å². The summed E-state index contributed by atoms with van der Waals surface area (Å²) >= 11 is 0. The molecule has 1 fully saturated rings. The minimum atomic E-state index is -0.438. The Morgan fingerprint density at radius 3 is 3.00 bits per heavy atom. The third-order valence-electron chi connectivity index (χ3n) is 3.68. The van der Waals surface area contributed by atoms with Gasteiger partial charge in [-0.25, -0.2) is 0 Å². The number of β-amino-alcohol motifs (C(OH)–C–C–N with tert-alkyl or cyclic N) is 1. The minimum absolute atomic E-state index is 0.0910. The van der Waals surface area contributed by atoms with E-state index in [2.05, 4.69) is 10.6 Å². The van der Waals surface area contributed by atoms with Gasteiger partial charge in [-0.2, -0.15) is 0 Å². The Kier molecular flexibility index (Phi) is 3.50. The number of benzene rings is 1. The molecule has 6 nitrogen and oxygen atoms in total. The monoisotopic (exact) mass is 278 g/mol. The number of hydrogen-bond acceptors (Lipinski definition) is 5. The lowest BCUT2D eigenvalue weighted by Gasteiger charge is -2.17. The van der Waals surface area contributed by atoms with Gasteiger partial charge in [0.15, 0.2) is 11.5 Å². The van der Waals surface area contributed by atoms with Crippen molar-refractivity contribution in [2.75, 3.05) is 13.3 Å². The van der Waals surface area contributed by atoms with E-state index in [1.54, 1.807) is 0 Å². The molecular weight excluding hydrogens is 260 g/mol. The Bertz CT molecular complexity index is 520. The average molecular weight is 278 g/mol. The summed E-state index contributed by atoms with van der Waals surface area (Å²) in [5.41, 5.74) is 0.959. The van der Waals surface area contributed by atoms with Crippen molar-refractivity contribution in [2.45, 2.75) is 31.5 Å². The van der Waals surface area contributed by atoms with Crippen LogP contribution in [0, 0.1) is 0 Å². The third kappa shape index (κ3) is 2.57. The average Bonchev–Trinajstić information content (AvgIpc) is 3.05. The van der Waals surface area contributed by atoms with E-state index in [0.717, 1.165) is 11.3 Å². The van der Waals surface area contributed by atoms with Crippen LogP contribution in [-0.4, -0.2) is 36.5 Å². The van der Waals surface area contributed by atoms with Crippen LogP contribution in [0.4, 0.5) is 0 Å². The number of amides is 1. The summed E-state index contributed by atoms with van der Waals surface area (Å²) in [6.45, 7) is 2.63. The van der Waals surface area contributed by atoms with Crippen molar-refractivity contribution >= 4 is 5.91 Å². The minimum Gasteiger partial charge on any atom is -0.454 e. The first kappa shape index (κ1) is 13.2. The summed E-state index contributed by atoms with van der Waals surface area (Å²) in [6.07, 6.45) is 0.0197. The predicted molar refractivity (Wildman–Crippen MR) is 71.5 cm³/mol. The molecule has 2 heterocycles. The van der Waals surface area contributed by atoms with Crippen LogP contribution in [0.1, 0.15) is 24.9 Å². The molecule has 20 heavy (non-hydrogen) atoms. The summed E-state index contributed by atoms with van der Waals surface area (Å²) in [5, 5.41) is 15.4. The topological polar surface area (TPSA) is 79.8 Å². The molecule has 2 aliphatic rings. The van der Waals surface area contributed by atoms with Crippen molar-refractivity contribution in [3.05, 3.63) is 23.8 Å². The fourth-order valence-electron chi connectivity index (χ4n) is 2.50. The SMILES string of the molecule is CC(NC(=O)C1CC(O)CN1)c1ccc2c(c1)OCO2. The zero-order valence-corrected chi connectivity index (χ0v) is 11.3. The number of fused-ring (bicyclic) bond motifs is 1. The maximum absolute atomic E-state index is 12.1. The lowest BCUT2D eigenvalue weighted by Crippen LogP contribution is -2.41. The van der Waals surface area contributed by atoms with E-state index in [9.17, 15) is 9.90 Å². The van der Waals surface area contributed by atoms with Gasteiger partial charge in [0.25, 0.3) is 0 Å².